The Kier molecular flexibility index (Phi) is 6.40. The molecule has 2 aromatic carbocycles. The first-order valence-corrected chi connectivity index (χ1v) is 11.0. The topological polar surface area (TPSA) is 65.5 Å². The van der Waals surface area contributed by atoms with Crippen LogP contribution in [-0.4, -0.2) is 23.8 Å². The van der Waals surface area contributed by atoms with E-state index < -0.39 is 5.97 Å². The predicted octanol–water partition coefficient (Wildman–Crippen LogP) is 5.42. The van der Waals surface area contributed by atoms with Gasteiger partial charge < -0.3 is 9.47 Å². The second-order valence-corrected chi connectivity index (χ2v) is 8.48. The van der Waals surface area contributed by atoms with Gasteiger partial charge in [-0.2, -0.15) is 0 Å². The summed E-state index contributed by atoms with van der Waals surface area (Å²) >= 11 is 0. The molecule has 0 radical (unpaired) electrons. The Morgan fingerprint density at radius 2 is 1.73 bits per heavy atom. The standard InChI is InChI=1S/C28H27NO4/c1-17-13-18(2)25(19(3)14-17)26-24(33-28(31)20-8-10-23(32-4)11-9-20)16-21(27(26)30)15-22-7-5-6-12-29-22/h5-14,21H,15-16H2,1-4H3. The van der Waals surface area contributed by atoms with E-state index in [9.17, 15) is 9.59 Å². The molecule has 0 spiro atoms. The molecule has 0 bridgehead atoms. The number of ether oxygens (including phenoxy) is 2. The summed E-state index contributed by atoms with van der Waals surface area (Å²) in [5.41, 5.74) is 5.72. The molecule has 1 atom stereocenters. The fraction of sp³-hybridized carbons (Fsp3) is 0.250. The molecule has 3 aromatic rings. The Balaban J connectivity index is 1.71. The summed E-state index contributed by atoms with van der Waals surface area (Å²) in [5, 5.41) is 0. The Morgan fingerprint density at radius 3 is 2.33 bits per heavy atom. The van der Waals surface area contributed by atoms with Crippen molar-refractivity contribution in [3.63, 3.8) is 0 Å². The van der Waals surface area contributed by atoms with Gasteiger partial charge in [0, 0.05) is 30.7 Å². The van der Waals surface area contributed by atoms with Crippen molar-refractivity contribution in [3.8, 4) is 5.75 Å². The highest BCUT2D eigenvalue weighted by molar-refractivity contribution is 6.25. The van der Waals surface area contributed by atoms with Gasteiger partial charge in [0.15, 0.2) is 5.78 Å². The van der Waals surface area contributed by atoms with Crippen LogP contribution in [0.1, 0.15) is 44.7 Å². The first-order valence-electron chi connectivity index (χ1n) is 11.0. The van der Waals surface area contributed by atoms with E-state index in [0.717, 1.165) is 27.9 Å². The highest BCUT2D eigenvalue weighted by atomic mass is 16.5. The van der Waals surface area contributed by atoms with E-state index >= 15 is 0 Å². The molecular formula is C28H27NO4. The number of carbonyl (C=O) groups is 2. The molecule has 1 aliphatic rings. The van der Waals surface area contributed by atoms with Crippen LogP contribution in [0.4, 0.5) is 0 Å². The number of pyridine rings is 1. The molecular weight excluding hydrogens is 414 g/mol. The molecule has 0 aliphatic heterocycles. The molecule has 33 heavy (non-hydrogen) atoms. The van der Waals surface area contributed by atoms with Gasteiger partial charge in [-0.1, -0.05) is 23.8 Å². The van der Waals surface area contributed by atoms with Gasteiger partial charge in [-0.05, 0) is 73.9 Å². The van der Waals surface area contributed by atoms with Crippen LogP contribution in [0.25, 0.3) is 5.57 Å². The number of esters is 1. The summed E-state index contributed by atoms with van der Waals surface area (Å²) in [5.74, 6) is 0.265. The molecule has 1 aliphatic carbocycles. The monoisotopic (exact) mass is 441 g/mol. The summed E-state index contributed by atoms with van der Waals surface area (Å²) in [4.78, 5) is 31.0. The zero-order chi connectivity index (χ0) is 23.5. The molecule has 0 saturated carbocycles. The molecule has 4 rings (SSSR count). The van der Waals surface area contributed by atoms with E-state index in [4.69, 9.17) is 9.47 Å². The van der Waals surface area contributed by atoms with Gasteiger partial charge in [-0.15, -0.1) is 0 Å². The van der Waals surface area contributed by atoms with Crippen LogP contribution < -0.4 is 4.74 Å². The first kappa shape index (κ1) is 22.5. The number of aryl methyl sites for hydroxylation is 3. The summed E-state index contributed by atoms with van der Waals surface area (Å²) in [6.07, 6.45) is 2.58. The van der Waals surface area contributed by atoms with Crippen molar-refractivity contribution in [1.29, 1.82) is 0 Å². The largest absolute Gasteiger partial charge is 0.497 e. The summed E-state index contributed by atoms with van der Waals surface area (Å²) in [6.45, 7) is 6.01. The Morgan fingerprint density at radius 1 is 1.03 bits per heavy atom. The summed E-state index contributed by atoms with van der Waals surface area (Å²) in [7, 11) is 1.57. The highest BCUT2D eigenvalue weighted by Crippen LogP contribution is 2.40. The van der Waals surface area contributed by atoms with Crippen molar-refractivity contribution in [2.45, 2.75) is 33.6 Å². The van der Waals surface area contributed by atoms with Gasteiger partial charge in [0.1, 0.15) is 11.5 Å². The minimum atomic E-state index is -0.487. The Hall–Kier alpha value is -3.73. The molecule has 0 amide bonds. The van der Waals surface area contributed by atoms with Crippen LogP contribution in [0.2, 0.25) is 0 Å². The lowest BCUT2D eigenvalue weighted by Gasteiger charge is -2.14. The number of allylic oxidation sites excluding steroid dienone is 2. The normalized spacial score (nSPS) is 15.6. The van der Waals surface area contributed by atoms with Crippen LogP contribution in [0.3, 0.4) is 0 Å². The van der Waals surface area contributed by atoms with Crippen molar-refractivity contribution in [2.24, 2.45) is 5.92 Å². The zero-order valence-corrected chi connectivity index (χ0v) is 19.3. The van der Waals surface area contributed by atoms with Gasteiger partial charge in [-0.25, -0.2) is 4.79 Å². The van der Waals surface area contributed by atoms with Crippen molar-refractivity contribution >= 4 is 17.3 Å². The fourth-order valence-corrected chi connectivity index (χ4v) is 4.52. The molecule has 168 valence electrons. The van der Waals surface area contributed by atoms with E-state index in [1.807, 2.05) is 39.0 Å². The summed E-state index contributed by atoms with van der Waals surface area (Å²) in [6, 6.07) is 16.5. The second kappa shape index (κ2) is 9.41. The van der Waals surface area contributed by atoms with Gasteiger partial charge in [0.25, 0.3) is 0 Å². The molecule has 5 heteroatoms. The van der Waals surface area contributed by atoms with E-state index in [1.54, 1.807) is 37.6 Å². The van der Waals surface area contributed by atoms with Crippen LogP contribution in [0.5, 0.6) is 5.75 Å². The molecule has 0 saturated heterocycles. The molecule has 0 N–H and O–H groups in total. The number of rotatable bonds is 6. The van der Waals surface area contributed by atoms with E-state index in [0.29, 0.717) is 35.5 Å². The van der Waals surface area contributed by atoms with E-state index in [1.165, 1.54) is 0 Å². The smallest absolute Gasteiger partial charge is 0.343 e. The van der Waals surface area contributed by atoms with Crippen LogP contribution in [0.15, 0.2) is 66.6 Å². The number of carbonyl (C=O) groups excluding carboxylic acids is 2. The van der Waals surface area contributed by atoms with Gasteiger partial charge in [-0.3, -0.25) is 9.78 Å². The third kappa shape index (κ3) is 4.72. The Labute approximate surface area is 194 Å². The number of nitrogens with zero attached hydrogens (tertiary/aromatic N) is 1. The number of benzene rings is 2. The van der Waals surface area contributed by atoms with E-state index in [-0.39, 0.29) is 11.7 Å². The molecule has 0 fully saturated rings. The number of methoxy groups -OCH3 is 1. The van der Waals surface area contributed by atoms with Crippen molar-refractivity contribution in [3.05, 3.63) is 100 Å². The minimum Gasteiger partial charge on any atom is -0.497 e. The maximum atomic E-state index is 13.6. The lowest BCUT2D eigenvalue weighted by molar-refractivity contribution is -0.116. The SMILES string of the molecule is COc1ccc(C(=O)OC2=C(c3c(C)cc(C)cc3C)C(=O)C(Cc3ccccn3)C2)cc1. The number of Topliss-reactive ketones (excluding diaryl/α,β-unsaturated/α-hetero) is 1. The average Bonchev–Trinajstić information content (AvgIpc) is 3.08. The molecule has 5 nitrogen and oxygen atoms in total. The number of aromatic nitrogens is 1. The number of hydrogen-bond donors (Lipinski definition) is 0. The van der Waals surface area contributed by atoms with Crippen LogP contribution >= 0.6 is 0 Å². The summed E-state index contributed by atoms with van der Waals surface area (Å²) < 4.78 is 11.0. The molecule has 1 aromatic heterocycles. The maximum Gasteiger partial charge on any atom is 0.343 e. The highest BCUT2D eigenvalue weighted by Gasteiger charge is 2.37. The second-order valence-electron chi connectivity index (χ2n) is 8.48. The average molecular weight is 442 g/mol. The third-order valence-electron chi connectivity index (χ3n) is 5.98. The zero-order valence-electron chi connectivity index (χ0n) is 19.3. The van der Waals surface area contributed by atoms with Crippen LogP contribution in [-0.2, 0) is 16.0 Å². The van der Waals surface area contributed by atoms with Gasteiger partial charge >= 0.3 is 5.97 Å². The van der Waals surface area contributed by atoms with Crippen LogP contribution in [0, 0.1) is 26.7 Å². The van der Waals surface area contributed by atoms with Gasteiger partial charge in [0.05, 0.1) is 18.2 Å². The van der Waals surface area contributed by atoms with E-state index in [2.05, 4.69) is 17.1 Å². The maximum absolute atomic E-state index is 13.6. The fourth-order valence-electron chi connectivity index (χ4n) is 4.52. The van der Waals surface area contributed by atoms with Crippen molar-refractivity contribution in [1.82, 2.24) is 4.98 Å². The first-order chi connectivity index (χ1) is 15.9. The number of hydrogen-bond acceptors (Lipinski definition) is 5. The third-order valence-corrected chi connectivity index (χ3v) is 5.98. The molecule has 1 unspecified atom stereocenters. The van der Waals surface area contributed by atoms with Crippen molar-refractivity contribution < 1.29 is 19.1 Å². The van der Waals surface area contributed by atoms with Gasteiger partial charge in [0.2, 0.25) is 0 Å². The quantitative estimate of drug-likeness (QED) is 0.478. The predicted molar refractivity (Wildman–Crippen MR) is 127 cm³/mol. The Bertz CT molecular complexity index is 1200. The number of ketones is 1. The lowest BCUT2D eigenvalue weighted by atomic mass is 9.90. The minimum absolute atomic E-state index is 0.00626. The molecule has 1 heterocycles. The van der Waals surface area contributed by atoms with Crippen molar-refractivity contribution in [2.75, 3.05) is 7.11 Å². The lowest BCUT2D eigenvalue weighted by Crippen LogP contribution is -2.14.